The molecule has 1 atom stereocenters. The van der Waals surface area contributed by atoms with Crippen LogP contribution in [0.25, 0.3) is 22.3 Å². The van der Waals surface area contributed by atoms with E-state index in [-0.39, 0.29) is 11.9 Å². The number of aryl methyl sites for hydroxylation is 1. The Bertz CT molecular complexity index is 1560. The van der Waals surface area contributed by atoms with Crippen LogP contribution in [0.2, 0.25) is 0 Å². The van der Waals surface area contributed by atoms with Crippen LogP contribution in [-0.4, -0.2) is 67.3 Å². The van der Waals surface area contributed by atoms with Crippen LogP contribution in [0.4, 0.5) is 26.6 Å². The molecule has 4 aromatic rings. The Morgan fingerprint density at radius 3 is 2.60 bits per heavy atom. The van der Waals surface area contributed by atoms with Crippen molar-refractivity contribution in [1.82, 2.24) is 29.4 Å². The number of imidazole rings is 1. The van der Waals surface area contributed by atoms with Crippen molar-refractivity contribution in [1.29, 1.82) is 0 Å². The number of ether oxygens (including phenoxy) is 1. The highest BCUT2D eigenvalue weighted by molar-refractivity contribution is 5.83. The number of benzene rings is 1. The minimum absolute atomic E-state index is 0.279. The molecular weight excluding hydrogens is 511 g/mol. The summed E-state index contributed by atoms with van der Waals surface area (Å²) >= 11 is 0. The maximum atomic E-state index is 15.0. The lowest BCUT2D eigenvalue weighted by atomic mass is 10.1. The number of rotatable bonds is 4. The molecule has 0 radical (unpaired) electrons. The number of carbonyl (C=O) groups excluding carboxylic acids is 1. The summed E-state index contributed by atoms with van der Waals surface area (Å²) in [4.78, 5) is 34.3. The van der Waals surface area contributed by atoms with Gasteiger partial charge in [0.1, 0.15) is 22.8 Å². The first-order valence-electron chi connectivity index (χ1n) is 13.6. The summed E-state index contributed by atoms with van der Waals surface area (Å²) in [5.41, 5.74) is 2.95. The number of aromatic nitrogens is 5. The summed E-state index contributed by atoms with van der Waals surface area (Å²) < 4.78 is 22.6. The Morgan fingerprint density at radius 2 is 1.88 bits per heavy atom. The molecule has 0 saturated carbocycles. The van der Waals surface area contributed by atoms with E-state index in [9.17, 15) is 4.79 Å². The van der Waals surface area contributed by atoms with Crippen molar-refractivity contribution in [2.45, 2.75) is 52.2 Å². The van der Waals surface area contributed by atoms with Crippen molar-refractivity contribution in [2.24, 2.45) is 0 Å². The van der Waals surface area contributed by atoms with E-state index < -0.39 is 5.60 Å². The summed E-state index contributed by atoms with van der Waals surface area (Å²) in [6, 6.07) is 9.35. The molecule has 10 nitrogen and oxygen atoms in total. The van der Waals surface area contributed by atoms with Crippen molar-refractivity contribution in [3.63, 3.8) is 0 Å². The van der Waals surface area contributed by atoms with Crippen LogP contribution in [0.15, 0.2) is 42.7 Å². The van der Waals surface area contributed by atoms with Crippen molar-refractivity contribution < 1.29 is 13.9 Å². The Kier molecular flexibility index (Phi) is 6.52. The molecule has 208 valence electrons. The van der Waals surface area contributed by atoms with Crippen molar-refractivity contribution >= 4 is 34.6 Å². The van der Waals surface area contributed by atoms with Crippen molar-refractivity contribution in [2.75, 3.05) is 36.4 Å². The van der Waals surface area contributed by atoms with E-state index in [0.29, 0.717) is 60.8 Å². The fourth-order valence-corrected chi connectivity index (χ4v) is 5.30. The molecule has 1 unspecified atom stereocenters. The number of amides is 1. The van der Waals surface area contributed by atoms with Gasteiger partial charge in [0.05, 0.1) is 23.1 Å². The first-order chi connectivity index (χ1) is 19.1. The zero-order chi connectivity index (χ0) is 28.0. The van der Waals surface area contributed by atoms with E-state index in [1.54, 1.807) is 23.4 Å². The van der Waals surface area contributed by atoms with Gasteiger partial charge in [-0.05, 0) is 64.4 Å². The van der Waals surface area contributed by atoms with Gasteiger partial charge in [-0.2, -0.15) is 0 Å². The van der Waals surface area contributed by atoms with Crippen LogP contribution in [0.1, 0.15) is 46.0 Å². The molecule has 6 rings (SSSR count). The predicted octanol–water partition coefficient (Wildman–Crippen LogP) is 5.34. The zero-order valence-electron chi connectivity index (χ0n) is 23.2. The van der Waals surface area contributed by atoms with Gasteiger partial charge in [-0.3, -0.25) is 0 Å². The Labute approximate surface area is 232 Å². The Morgan fingerprint density at radius 1 is 1.07 bits per heavy atom. The third kappa shape index (κ3) is 5.15. The van der Waals surface area contributed by atoms with Gasteiger partial charge in [0.15, 0.2) is 5.82 Å². The van der Waals surface area contributed by atoms with E-state index >= 15 is 4.39 Å². The van der Waals surface area contributed by atoms with E-state index in [1.807, 2.05) is 39.0 Å². The molecule has 0 bridgehead atoms. The second-order valence-corrected chi connectivity index (χ2v) is 11.4. The summed E-state index contributed by atoms with van der Waals surface area (Å²) in [7, 11) is 0. The van der Waals surface area contributed by atoms with Gasteiger partial charge in [-0.1, -0.05) is 0 Å². The summed E-state index contributed by atoms with van der Waals surface area (Å²) in [6.07, 6.45) is 5.03. The molecule has 0 spiro atoms. The number of hydrogen-bond donors (Lipinski definition) is 1. The quantitative estimate of drug-likeness (QED) is 0.368. The molecule has 11 heteroatoms. The highest BCUT2D eigenvalue weighted by atomic mass is 19.1. The average Bonchev–Trinajstić information content (AvgIpc) is 3.48. The minimum atomic E-state index is -0.507. The van der Waals surface area contributed by atoms with E-state index in [1.165, 1.54) is 6.07 Å². The number of carbonyl (C=O) groups is 1. The number of anilines is 3. The fourth-order valence-electron chi connectivity index (χ4n) is 5.30. The second kappa shape index (κ2) is 10.0. The monoisotopic (exact) mass is 544 g/mol. The molecule has 1 N–H and O–H groups in total. The van der Waals surface area contributed by atoms with Crippen LogP contribution < -0.4 is 10.2 Å². The van der Waals surface area contributed by atoms with Gasteiger partial charge < -0.3 is 24.4 Å². The molecule has 2 aliphatic rings. The largest absolute Gasteiger partial charge is 0.444 e. The van der Waals surface area contributed by atoms with Gasteiger partial charge in [0.25, 0.3) is 0 Å². The van der Waals surface area contributed by atoms with Crippen LogP contribution in [0, 0.1) is 5.82 Å². The highest BCUT2D eigenvalue weighted by Crippen LogP contribution is 2.34. The van der Waals surface area contributed by atoms with E-state index in [4.69, 9.17) is 4.74 Å². The standard InChI is InChI=1S/C29H33FN8O2/c1-18-5-8-25-35-26-21(30)15-19(16-23(26)38(18)25)22-9-10-31-27(33-22)34-24-7-6-20(17-32-24)36-11-13-37(14-12-36)28(39)40-29(2,3)4/h6-7,9-10,15-18H,5,8,11-14H2,1-4H3,(H,31,32,33,34). The molecule has 1 saturated heterocycles. The molecule has 1 amide bonds. The average molecular weight is 545 g/mol. The SMILES string of the molecule is CC1CCc2nc3c(F)cc(-c4ccnc(Nc5ccc(N6CCN(C(=O)OC(C)(C)C)CC6)cn5)n4)cc3n21. The molecule has 1 fully saturated rings. The lowest BCUT2D eigenvalue weighted by Gasteiger charge is -2.36. The van der Waals surface area contributed by atoms with Gasteiger partial charge in [-0.15, -0.1) is 0 Å². The number of piperazine rings is 1. The van der Waals surface area contributed by atoms with E-state index in [0.717, 1.165) is 29.9 Å². The predicted molar refractivity (Wildman–Crippen MR) is 151 cm³/mol. The summed E-state index contributed by atoms with van der Waals surface area (Å²) in [6.45, 7) is 10.3. The summed E-state index contributed by atoms with van der Waals surface area (Å²) in [5.74, 6) is 1.55. The molecule has 2 aliphatic heterocycles. The zero-order valence-corrected chi connectivity index (χ0v) is 23.2. The third-order valence-electron chi connectivity index (χ3n) is 7.28. The van der Waals surface area contributed by atoms with E-state index in [2.05, 4.69) is 41.6 Å². The molecule has 1 aromatic carbocycles. The number of halogens is 1. The molecule has 0 aliphatic carbocycles. The van der Waals surface area contributed by atoms with Gasteiger partial charge in [0.2, 0.25) is 5.95 Å². The van der Waals surface area contributed by atoms with Gasteiger partial charge >= 0.3 is 6.09 Å². The molecule has 40 heavy (non-hydrogen) atoms. The lowest BCUT2D eigenvalue weighted by Crippen LogP contribution is -2.50. The van der Waals surface area contributed by atoms with Crippen molar-refractivity contribution in [3.8, 4) is 11.3 Å². The topological polar surface area (TPSA) is 101 Å². The number of nitrogens with zero attached hydrogens (tertiary/aromatic N) is 7. The highest BCUT2D eigenvalue weighted by Gasteiger charge is 2.27. The number of pyridine rings is 1. The maximum absolute atomic E-state index is 15.0. The fraction of sp³-hybridized carbons (Fsp3) is 0.414. The lowest BCUT2D eigenvalue weighted by molar-refractivity contribution is 0.0240. The number of fused-ring (bicyclic) bond motifs is 3. The summed E-state index contributed by atoms with van der Waals surface area (Å²) in [5, 5.41) is 3.15. The molecule has 5 heterocycles. The Balaban J connectivity index is 1.13. The van der Waals surface area contributed by atoms with Crippen LogP contribution in [-0.2, 0) is 11.2 Å². The maximum Gasteiger partial charge on any atom is 0.410 e. The number of nitrogens with one attached hydrogen (secondary N) is 1. The first kappa shape index (κ1) is 26.0. The third-order valence-corrected chi connectivity index (χ3v) is 7.28. The van der Waals surface area contributed by atoms with Crippen LogP contribution in [0.3, 0.4) is 0 Å². The van der Waals surface area contributed by atoms with Crippen LogP contribution in [0.5, 0.6) is 0 Å². The Hall–Kier alpha value is -4.28. The molecule has 3 aromatic heterocycles. The van der Waals surface area contributed by atoms with Crippen molar-refractivity contribution in [3.05, 3.63) is 54.4 Å². The van der Waals surface area contributed by atoms with Crippen LogP contribution >= 0.6 is 0 Å². The smallest absolute Gasteiger partial charge is 0.410 e. The van der Waals surface area contributed by atoms with Gasteiger partial charge in [-0.25, -0.2) is 29.1 Å². The minimum Gasteiger partial charge on any atom is -0.444 e. The normalized spacial score (nSPS) is 17.3. The molecular formula is C29H33FN8O2. The van der Waals surface area contributed by atoms with Gasteiger partial charge in [0, 0.05) is 50.4 Å². The number of hydrogen-bond acceptors (Lipinski definition) is 8. The first-order valence-corrected chi connectivity index (χ1v) is 13.6. The second-order valence-electron chi connectivity index (χ2n) is 11.4.